The number of piperazine rings is 1. The summed E-state index contributed by atoms with van der Waals surface area (Å²) >= 11 is 12.0. The second-order valence-electron chi connectivity index (χ2n) is 14.2. The molecule has 0 aliphatic carbocycles. The van der Waals surface area contributed by atoms with Crippen molar-refractivity contribution in [2.75, 3.05) is 63.0 Å². The monoisotopic (exact) mass is 748 g/mol. The van der Waals surface area contributed by atoms with Gasteiger partial charge in [-0.2, -0.15) is 0 Å². The Balaban J connectivity index is 0.980. The number of phenols is 1. The number of halogens is 2. The Kier molecular flexibility index (Phi) is 12.2. The summed E-state index contributed by atoms with van der Waals surface area (Å²) in [6.45, 7) is 10.4. The molecule has 1 fully saturated rings. The molecule has 0 saturated carbocycles. The molecule has 3 aromatic carbocycles. The average Bonchev–Trinajstić information content (AvgIpc) is 3.71. The molecular formula is C40H50Cl2N6O4. The predicted molar refractivity (Wildman–Crippen MR) is 208 cm³/mol. The highest BCUT2D eigenvalue weighted by molar-refractivity contribution is 6.18. The second-order valence-corrected chi connectivity index (χ2v) is 14.9. The molecule has 52 heavy (non-hydrogen) atoms. The summed E-state index contributed by atoms with van der Waals surface area (Å²) in [7, 11) is 3.55. The van der Waals surface area contributed by atoms with E-state index in [0.717, 1.165) is 97.9 Å². The molecule has 10 nitrogen and oxygen atoms in total. The highest BCUT2D eigenvalue weighted by atomic mass is 35.5. The molecule has 2 amide bonds. The van der Waals surface area contributed by atoms with Crippen LogP contribution in [-0.4, -0.2) is 99.3 Å². The molecule has 0 unspecified atom stereocenters. The van der Waals surface area contributed by atoms with Gasteiger partial charge in [-0.3, -0.25) is 14.5 Å². The van der Waals surface area contributed by atoms with Crippen molar-refractivity contribution in [3.8, 4) is 11.5 Å². The van der Waals surface area contributed by atoms with E-state index in [0.29, 0.717) is 42.6 Å². The summed E-state index contributed by atoms with van der Waals surface area (Å²) < 4.78 is 7.59. The van der Waals surface area contributed by atoms with Crippen LogP contribution in [0.1, 0.15) is 71.0 Å². The van der Waals surface area contributed by atoms with Crippen molar-refractivity contribution in [2.24, 2.45) is 7.05 Å². The lowest BCUT2D eigenvalue weighted by molar-refractivity contribution is -0.133. The molecule has 278 valence electrons. The summed E-state index contributed by atoms with van der Waals surface area (Å²) in [5, 5.41) is 10.4. The van der Waals surface area contributed by atoms with Gasteiger partial charge in [0.25, 0.3) is 5.91 Å². The average molecular weight is 750 g/mol. The smallest absolute Gasteiger partial charge is 0.258 e. The van der Waals surface area contributed by atoms with Gasteiger partial charge in [0.2, 0.25) is 5.91 Å². The van der Waals surface area contributed by atoms with Crippen LogP contribution < -0.4 is 9.64 Å². The Labute approximate surface area is 316 Å². The first kappa shape index (κ1) is 37.8. The van der Waals surface area contributed by atoms with Crippen LogP contribution in [0.4, 0.5) is 5.69 Å². The van der Waals surface area contributed by atoms with E-state index in [2.05, 4.69) is 50.8 Å². The Morgan fingerprint density at radius 3 is 2.37 bits per heavy atom. The summed E-state index contributed by atoms with van der Waals surface area (Å²) in [4.78, 5) is 40.1. The van der Waals surface area contributed by atoms with E-state index in [9.17, 15) is 14.7 Å². The van der Waals surface area contributed by atoms with E-state index < -0.39 is 0 Å². The Morgan fingerprint density at radius 2 is 1.67 bits per heavy atom. The number of aromatic nitrogens is 2. The summed E-state index contributed by atoms with van der Waals surface area (Å²) in [6, 6.07) is 16.1. The van der Waals surface area contributed by atoms with Gasteiger partial charge in [-0.1, -0.05) is 32.0 Å². The molecule has 0 bridgehead atoms. The zero-order chi connectivity index (χ0) is 36.9. The van der Waals surface area contributed by atoms with Crippen molar-refractivity contribution in [1.82, 2.24) is 24.3 Å². The number of fused-ring (bicyclic) bond motifs is 2. The first-order valence-corrected chi connectivity index (χ1v) is 19.3. The lowest BCUT2D eigenvalue weighted by atomic mass is 9.98. The van der Waals surface area contributed by atoms with Crippen LogP contribution in [0.3, 0.4) is 0 Å². The molecule has 1 N–H and O–H groups in total. The number of rotatable bonds is 14. The molecule has 0 spiro atoms. The van der Waals surface area contributed by atoms with Crippen molar-refractivity contribution >= 4 is 51.7 Å². The van der Waals surface area contributed by atoms with Crippen molar-refractivity contribution in [3.05, 3.63) is 82.2 Å². The highest BCUT2D eigenvalue weighted by Gasteiger charge is 2.28. The van der Waals surface area contributed by atoms with Crippen LogP contribution in [0, 0.1) is 0 Å². The molecule has 12 heteroatoms. The molecule has 1 aromatic heterocycles. The number of hydrogen-bond donors (Lipinski definition) is 1. The van der Waals surface area contributed by atoms with Crippen molar-refractivity contribution < 1.29 is 19.4 Å². The van der Waals surface area contributed by atoms with Crippen LogP contribution in [0.2, 0.25) is 0 Å². The number of carbonyl (C=O) groups is 2. The number of methoxy groups -OCH3 is 1. The van der Waals surface area contributed by atoms with E-state index in [-0.39, 0.29) is 23.5 Å². The number of hydrogen-bond acceptors (Lipinski definition) is 7. The van der Waals surface area contributed by atoms with E-state index >= 15 is 0 Å². The number of amides is 2. The maximum Gasteiger partial charge on any atom is 0.258 e. The summed E-state index contributed by atoms with van der Waals surface area (Å²) in [5.41, 5.74) is 7.78. The third-order valence-corrected chi connectivity index (χ3v) is 10.8. The fourth-order valence-corrected chi connectivity index (χ4v) is 7.85. The zero-order valence-corrected chi connectivity index (χ0v) is 32.2. The fraction of sp³-hybridized carbons (Fsp3) is 0.475. The largest absolute Gasteiger partial charge is 0.508 e. The van der Waals surface area contributed by atoms with Crippen LogP contribution in [0.5, 0.6) is 11.5 Å². The fourth-order valence-electron chi connectivity index (χ4n) is 7.45. The van der Waals surface area contributed by atoms with E-state index in [4.69, 9.17) is 32.9 Å². The molecule has 3 heterocycles. The van der Waals surface area contributed by atoms with Crippen LogP contribution in [0.15, 0.2) is 48.5 Å². The van der Waals surface area contributed by atoms with Crippen molar-refractivity contribution in [1.29, 1.82) is 0 Å². The number of imidazole rings is 1. The van der Waals surface area contributed by atoms with Gasteiger partial charge in [-0.15, -0.1) is 23.2 Å². The molecule has 6 rings (SSSR count). The van der Waals surface area contributed by atoms with Crippen molar-refractivity contribution in [3.63, 3.8) is 0 Å². The Hall–Kier alpha value is -3.99. The molecule has 2 aliphatic rings. The third-order valence-electron chi connectivity index (χ3n) is 10.4. The van der Waals surface area contributed by atoms with Crippen LogP contribution >= 0.6 is 23.2 Å². The molecule has 2 aliphatic heterocycles. The van der Waals surface area contributed by atoms with Gasteiger partial charge in [-0.25, -0.2) is 4.98 Å². The first-order chi connectivity index (χ1) is 25.1. The van der Waals surface area contributed by atoms with E-state index in [1.54, 1.807) is 12.1 Å². The Morgan fingerprint density at radius 1 is 0.942 bits per heavy atom. The minimum atomic E-state index is -0.104. The number of anilines is 1. The van der Waals surface area contributed by atoms with E-state index in [1.807, 2.05) is 30.7 Å². The van der Waals surface area contributed by atoms with Gasteiger partial charge in [0, 0.05) is 102 Å². The molecule has 0 atom stereocenters. The quantitative estimate of drug-likeness (QED) is 0.147. The van der Waals surface area contributed by atoms with Gasteiger partial charge in [-0.05, 0) is 58.9 Å². The van der Waals surface area contributed by atoms with E-state index in [1.165, 1.54) is 12.7 Å². The summed E-state index contributed by atoms with van der Waals surface area (Å²) in [6.07, 6.45) is 1.99. The van der Waals surface area contributed by atoms with Crippen molar-refractivity contribution in [2.45, 2.75) is 58.7 Å². The number of phenolic OH excluding ortho intramolecular Hbond substituents is 1. The molecule has 0 radical (unpaired) electrons. The van der Waals surface area contributed by atoms with Crippen LogP contribution in [0.25, 0.3) is 11.0 Å². The number of aryl methyl sites for hydroxylation is 2. The number of benzene rings is 3. The van der Waals surface area contributed by atoms with Gasteiger partial charge >= 0.3 is 0 Å². The summed E-state index contributed by atoms with van der Waals surface area (Å²) in [5.74, 6) is 2.74. The number of nitrogens with zero attached hydrogens (tertiary/aromatic N) is 6. The maximum atomic E-state index is 13.6. The molecule has 1 saturated heterocycles. The minimum absolute atomic E-state index is 0.0740. The second kappa shape index (κ2) is 16.8. The van der Waals surface area contributed by atoms with Gasteiger partial charge in [0.05, 0.1) is 23.7 Å². The predicted octanol–water partition coefficient (Wildman–Crippen LogP) is 6.52. The normalized spacial score (nSPS) is 14.8. The van der Waals surface area contributed by atoms with Gasteiger partial charge in [0.1, 0.15) is 17.3 Å². The topological polar surface area (TPSA) is 94.4 Å². The Bertz CT molecular complexity index is 1900. The van der Waals surface area contributed by atoms with Gasteiger partial charge in [0.15, 0.2) is 0 Å². The number of carbonyl (C=O) groups excluding carboxylic acids is 2. The number of aromatic hydroxyl groups is 1. The maximum absolute atomic E-state index is 13.6. The van der Waals surface area contributed by atoms with Crippen LogP contribution in [-0.2, 0) is 37.9 Å². The number of alkyl halides is 2. The highest BCUT2D eigenvalue weighted by Crippen LogP contribution is 2.35. The molecule has 4 aromatic rings. The minimum Gasteiger partial charge on any atom is -0.508 e. The SMILES string of the molecule is COc1cc(O)c(C(C)C)cc1C(=O)N1Cc2ccc(CN3CCN(C(=O)CCCc4nc5cc(N(CCCl)CCCl)ccc5n4C)CC3)cc2C1. The van der Waals surface area contributed by atoms with Gasteiger partial charge < -0.3 is 29.1 Å². The lowest BCUT2D eigenvalue weighted by Gasteiger charge is -2.35. The number of ether oxygens (including phenoxy) is 1. The lowest BCUT2D eigenvalue weighted by Crippen LogP contribution is -2.48. The molecular weight excluding hydrogens is 699 g/mol. The zero-order valence-electron chi connectivity index (χ0n) is 30.7. The standard InChI is InChI=1S/C40H50Cl2N6O4/c1-27(2)32-22-33(37(52-4)23-36(32)49)40(51)48-25-29-9-8-28(20-30(29)26-48)24-45-16-18-47(19-17-45)39(50)7-5-6-38-43-34-21-31(10-11-35(34)44(38)3)46(14-12-41)15-13-42/h8-11,20-23,27,49H,5-7,12-19,24-26H2,1-4H3. The first-order valence-electron chi connectivity index (χ1n) is 18.2. The third kappa shape index (κ3) is 8.29.